The normalized spacial score (nSPS) is 16.2. The van der Waals surface area contributed by atoms with Crippen LogP contribution in [0.4, 0.5) is 5.69 Å². The Balaban J connectivity index is 1.54. The van der Waals surface area contributed by atoms with Gasteiger partial charge in [-0.25, -0.2) is 0 Å². The number of rotatable bonds is 6. The fraction of sp³-hybridized carbons (Fsp3) is 0.429. The van der Waals surface area contributed by atoms with Crippen molar-refractivity contribution in [1.29, 1.82) is 0 Å². The first-order valence-corrected chi connectivity index (χ1v) is 8.94. The summed E-state index contributed by atoms with van der Waals surface area (Å²) in [6, 6.07) is 17.4. The first-order valence-electron chi connectivity index (χ1n) is 8.94. The Kier molecular flexibility index (Phi) is 5.89. The molecular weight excluding hydrogens is 296 g/mol. The maximum Gasteiger partial charge on any atom is 0.0460 e. The molecule has 2 aromatic carbocycles. The van der Waals surface area contributed by atoms with Gasteiger partial charge < -0.3 is 10.4 Å². The molecule has 0 atom stereocenters. The number of hydrogen-bond acceptors (Lipinski definition) is 3. The van der Waals surface area contributed by atoms with E-state index >= 15 is 0 Å². The molecule has 0 aromatic heterocycles. The molecule has 1 aliphatic heterocycles. The van der Waals surface area contributed by atoms with Gasteiger partial charge in [0.2, 0.25) is 0 Å². The van der Waals surface area contributed by atoms with Crippen molar-refractivity contribution in [3.63, 3.8) is 0 Å². The van der Waals surface area contributed by atoms with Gasteiger partial charge in [0, 0.05) is 25.4 Å². The van der Waals surface area contributed by atoms with E-state index in [0.29, 0.717) is 12.5 Å². The van der Waals surface area contributed by atoms with Gasteiger partial charge in [0.05, 0.1) is 0 Å². The van der Waals surface area contributed by atoms with Gasteiger partial charge in [-0.1, -0.05) is 42.0 Å². The Morgan fingerprint density at radius 1 is 1.04 bits per heavy atom. The molecule has 3 heteroatoms. The molecule has 2 N–H and O–H groups in total. The number of nitrogens with zero attached hydrogens (tertiary/aromatic N) is 1. The zero-order valence-electron chi connectivity index (χ0n) is 14.5. The average molecular weight is 324 g/mol. The number of hydrogen-bond donors (Lipinski definition) is 2. The van der Waals surface area contributed by atoms with E-state index < -0.39 is 0 Å². The molecule has 0 bridgehead atoms. The molecular formula is C21H28N2O. The highest BCUT2D eigenvalue weighted by atomic mass is 16.3. The third kappa shape index (κ3) is 4.83. The van der Waals surface area contributed by atoms with E-state index in [1.807, 2.05) is 0 Å². The molecule has 3 rings (SSSR count). The number of anilines is 1. The molecule has 1 fully saturated rings. The Bertz CT molecular complexity index is 648. The fourth-order valence-electron chi connectivity index (χ4n) is 3.39. The lowest BCUT2D eigenvalue weighted by molar-refractivity contribution is 0.127. The number of aryl methyl sites for hydroxylation is 1. The molecule has 0 spiro atoms. The number of piperidine rings is 1. The number of likely N-dealkylation sites (tertiary alicyclic amines) is 1. The van der Waals surface area contributed by atoms with Gasteiger partial charge in [0.25, 0.3) is 0 Å². The second kappa shape index (κ2) is 8.32. The number of aliphatic hydroxyl groups is 1. The van der Waals surface area contributed by atoms with Gasteiger partial charge >= 0.3 is 0 Å². The van der Waals surface area contributed by atoms with E-state index in [1.165, 1.54) is 22.4 Å². The maximum atomic E-state index is 9.25. The third-order valence-corrected chi connectivity index (χ3v) is 4.88. The molecule has 0 saturated carbocycles. The zero-order chi connectivity index (χ0) is 16.8. The molecule has 0 unspecified atom stereocenters. The summed E-state index contributed by atoms with van der Waals surface area (Å²) in [6.07, 6.45) is 2.23. The largest absolute Gasteiger partial charge is 0.396 e. The highest BCUT2D eigenvalue weighted by molar-refractivity contribution is 5.46. The predicted octanol–water partition coefficient (Wildman–Crippen LogP) is 3.81. The van der Waals surface area contributed by atoms with E-state index in [1.54, 1.807) is 0 Å². The summed E-state index contributed by atoms with van der Waals surface area (Å²) in [4.78, 5) is 2.49. The van der Waals surface area contributed by atoms with Gasteiger partial charge in [-0.15, -0.1) is 0 Å². The van der Waals surface area contributed by atoms with Crippen LogP contribution in [0, 0.1) is 12.8 Å². The third-order valence-electron chi connectivity index (χ3n) is 4.88. The smallest absolute Gasteiger partial charge is 0.0460 e. The first kappa shape index (κ1) is 17.0. The van der Waals surface area contributed by atoms with Crippen molar-refractivity contribution >= 4 is 5.69 Å². The van der Waals surface area contributed by atoms with Crippen LogP contribution in [0.5, 0.6) is 0 Å². The maximum absolute atomic E-state index is 9.25. The second-order valence-electron chi connectivity index (χ2n) is 6.95. The van der Waals surface area contributed by atoms with Crippen LogP contribution in [0.1, 0.15) is 29.5 Å². The second-order valence-corrected chi connectivity index (χ2v) is 6.95. The summed E-state index contributed by atoms with van der Waals surface area (Å²) in [6.45, 7) is 6.50. The Labute approximate surface area is 145 Å². The van der Waals surface area contributed by atoms with Crippen LogP contribution in [-0.4, -0.2) is 29.7 Å². The topological polar surface area (TPSA) is 35.5 Å². The van der Waals surface area contributed by atoms with Gasteiger partial charge in [-0.2, -0.15) is 0 Å². The van der Waals surface area contributed by atoms with Crippen LogP contribution in [0.25, 0.3) is 0 Å². The Morgan fingerprint density at radius 3 is 2.54 bits per heavy atom. The van der Waals surface area contributed by atoms with Crippen molar-refractivity contribution in [3.05, 3.63) is 65.2 Å². The zero-order valence-corrected chi connectivity index (χ0v) is 14.5. The molecule has 24 heavy (non-hydrogen) atoms. The summed E-state index contributed by atoms with van der Waals surface area (Å²) >= 11 is 0. The van der Waals surface area contributed by atoms with E-state index in [-0.39, 0.29) is 0 Å². The summed E-state index contributed by atoms with van der Waals surface area (Å²) in [5.74, 6) is 0.503. The van der Waals surface area contributed by atoms with Crippen molar-refractivity contribution in [2.45, 2.75) is 32.9 Å². The molecule has 1 aliphatic rings. The van der Waals surface area contributed by atoms with Gasteiger partial charge in [-0.05, 0) is 62.0 Å². The van der Waals surface area contributed by atoms with Gasteiger partial charge in [0.15, 0.2) is 0 Å². The van der Waals surface area contributed by atoms with E-state index in [2.05, 4.69) is 65.7 Å². The molecule has 3 nitrogen and oxygen atoms in total. The summed E-state index contributed by atoms with van der Waals surface area (Å²) in [7, 11) is 0. The summed E-state index contributed by atoms with van der Waals surface area (Å²) < 4.78 is 0. The SMILES string of the molecule is Cc1cccc(CNc2cccc(CN3CCC(CO)CC3)c2)c1. The van der Waals surface area contributed by atoms with Crippen LogP contribution in [0.15, 0.2) is 48.5 Å². The van der Waals surface area contributed by atoms with E-state index in [0.717, 1.165) is 39.0 Å². The van der Waals surface area contributed by atoms with Crippen molar-refractivity contribution < 1.29 is 5.11 Å². The van der Waals surface area contributed by atoms with Crippen LogP contribution < -0.4 is 5.32 Å². The van der Waals surface area contributed by atoms with Crippen LogP contribution in [-0.2, 0) is 13.1 Å². The summed E-state index contributed by atoms with van der Waals surface area (Å²) in [5.41, 5.74) is 5.15. The van der Waals surface area contributed by atoms with E-state index in [9.17, 15) is 5.11 Å². The highest BCUT2D eigenvalue weighted by Gasteiger charge is 2.18. The minimum Gasteiger partial charge on any atom is -0.396 e. The lowest BCUT2D eigenvalue weighted by Gasteiger charge is -2.31. The van der Waals surface area contributed by atoms with Crippen LogP contribution in [0.2, 0.25) is 0 Å². The van der Waals surface area contributed by atoms with Crippen molar-refractivity contribution in [2.75, 3.05) is 25.0 Å². The van der Waals surface area contributed by atoms with Crippen molar-refractivity contribution in [1.82, 2.24) is 4.90 Å². The average Bonchev–Trinajstić information content (AvgIpc) is 2.61. The molecule has 128 valence electrons. The molecule has 1 saturated heterocycles. The van der Waals surface area contributed by atoms with Crippen LogP contribution in [0.3, 0.4) is 0 Å². The fourth-order valence-corrected chi connectivity index (χ4v) is 3.39. The standard InChI is InChI=1S/C21H28N2O/c1-17-4-2-5-19(12-17)14-22-21-7-3-6-20(13-21)15-23-10-8-18(16-24)9-11-23/h2-7,12-13,18,22,24H,8-11,14-16H2,1H3. The lowest BCUT2D eigenvalue weighted by atomic mass is 9.97. The monoisotopic (exact) mass is 324 g/mol. The Morgan fingerprint density at radius 2 is 1.79 bits per heavy atom. The molecule has 0 radical (unpaired) electrons. The number of aliphatic hydroxyl groups excluding tert-OH is 1. The minimum atomic E-state index is 0.339. The number of benzene rings is 2. The van der Waals surface area contributed by atoms with Gasteiger partial charge in [0.1, 0.15) is 0 Å². The molecule has 0 aliphatic carbocycles. The van der Waals surface area contributed by atoms with E-state index in [4.69, 9.17) is 0 Å². The Hall–Kier alpha value is -1.84. The van der Waals surface area contributed by atoms with Crippen LogP contribution >= 0.6 is 0 Å². The predicted molar refractivity (Wildman–Crippen MR) is 100 cm³/mol. The molecule has 2 aromatic rings. The first-order chi connectivity index (χ1) is 11.7. The van der Waals surface area contributed by atoms with Gasteiger partial charge in [-0.3, -0.25) is 4.90 Å². The lowest BCUT2D eigenvalue weighted by Crippen LogP contribution is -2.34. The quantitative estimate of drug-likeness (QED) is 0.848. The molecule has 1 heterocycles. The van der Waals surface area contributed by atoms with Crippen molar-refractivity contribution in [2.24, 2.45) is 5.92 Å². The minimum absolute atomic E-state index is 0.339. The number of nitrogens with one attached hydrogen (secondary N) is 1. The summed E-state index contributed by atoms with van der Waals surface area (Å²) in [5, 5.41) is 12.8. The highest BCUT2D eigenvalue weighted by Crippen LogP contribution is 2.20. The van der Waals surface area contributed by atoms with Crippen molar-refractivity contribution in [3.8, 4) is 0 Å². The molecule has 0 amide bonds.